The van der Waals surface area contributed by atoms with Crippen molar-refractivity contribution < 1.29 is 0 Å². The van der Waals surface area contributed by atoms with E-state index in [0.29, 0.717) is 11.8 Å². The van der Waals surface area contributed by atoms with Crippen molar-refractivity contribution in [3.63, 3.8) is 0 Å². The number of rotatable bonds is 6. The van der Waals surface area contributed by atoms with Crippen LogP contribution in [0, 0.1) is 23.7 Å². The molecule has 65 heavy (non-hydrogen) atoms. The highest BCUT2D eigenvalue weighted by atomic mass is 14.9. The van der Waals surface area contributed by atoms with Gasteiger partial charge in [0.2, 0.25) is 0 Å². The molecule has 310 valence electrons. The molecular formula is C63H48N2. The van der Waals surface area contributed by atoms with Gasteiger partial charge in [-0.1, -0.05) is 182 Å². The number of aromatic nitrogens is 2. The molecule has 6 aliphatic carbocycles. The standard InChI is InChI=1S/C63H48N2/c1-5-15-42(16-6-1)59-39-60(65-61(64-59)43-17-7-2-8-18-43)46-26-29-53-54-36-44(27-30-56(54)63(58(53)38-46)49-32-40-31-41(34-49)35-50(63)33-40)45-25-28-52-51-23-13-14-24-55(51)62(57(52)37-45,47-19-9-3-10-20-47)48-21-11-4-12-22-48/h1-30,36-41,49-50H,31-35H2. The molecule has 8 aromatic carbocycles. The van der Waals surface area contributed by atoms with Crippen LogP contribution in [0.15, 0.2) is 206 Å². The Labute approximate surface area is 381 Å². The summed E-state index contributed by atoms with van der Waals surface area (Å²) < 4.78 is 0. The first-order valence-corrected chi connectivity index (χ1v) is 23.8. The largest absolute Gasteiger partial charge is 0.228 e. The second-order valence-electron chi connectivity index (χ2n) is 19.7. The number of fused-ring (bicyclic) bond motifs is 6. The second-order valence-corrected chi connectivity index (χ2v) is 19.7. The van der Waals surface area contributed by atoms with Crippen molar-refractivity contribution in [1.29, 1.82) is 0 Å². The third-order valence-corrected chi connectivity index (χ3v) is 16.6. The lowest BCUT2D eigenvalue weighted by atomic mass is 9.43. The summed E-state index contributed by atoms with van der Waals surface area (Å²) in [5, 5.41) is 0. The van der Waals surface area contributed by atoms with Crippen LogP contribution in [0.3, 0.4) is 0 Å². The quantitative estimate of drug-likeness (QED) is 0.167. The van der Waals surface area contributed by atoms with Gasteiger partial charge in [0.05, 0.1) is 16.8 Å². The van der Waals surface area contributed by atoms with E-state index in [4.69, 9.17) is 9.97 Å². The highest BCUT2D eigenvalue weighted by Crippen LogP contribution is 2.70. The summed E-state index contributed by atoms with van der Waals surface area (Å²) >= 11 is 0. The Hall–Kier alpha value is -7.16. The van der Waals surface area contributed by atoms with Crippen molar-refractivity contribution in [3.05, 3.63) is 240 Å². The van der Waals surface area contributed by atoms with Crippen molar-refractivity contribution >= 4 is 0 Å². The first-order chi connectivity index (χ1) is 32.2. The molecule has 6 aliphatic rings. The Kier molecular flexibility index (Phi) is 8.12. The zero-order valence-corrected chi connectivity index (χ0v) is 36.4. The third-order valence-electron chi connectivity index (χ3n) is 16.6. The monoisotopic (exact) mass is 832 g/mol. The molecule has 0 unspecified atom stereocenters. The first kappa shape index (κ1) is 37.2. The second kappa shape index (κ2) is 14.2. The summed E-state index contributed by atoms with van der Waals surface area (Å²) in [6.07, 6.45) is 6.80. The van der Waals surface area contributed by atoms with Crippen LogP contribution < -0.4 is 0 Å². The molecule has 4 fully saturated rings. The molecule has 0 radical (unpaired) electrons. The predicted molar refractivity (Wildman–Crippen MR) is 264 cm³/mol. The van der Waals surface area contributed by atoms with Crippen LogP contribution in [-0.4, -0.2) is 9.97 Å². The van der Waals surface area contributed by atoms with E-state index in [0.717, 1.165) is 40.2 Å². The maximum absolute atomic E-state index is 5.34. The van der Waals surface area contributed by atoms with E-state index in [-0.39, 0.29) is 5.41 Å². The summed E-state index contributed by atoms with van der Waals surface area (Å²) in [5.41, 5.74) is 21.3. The van der Waals surface area contributed by atoms with Gasteiger partial charge < -0.3 is 0 Å². The molecule has 0 amide bonds. The molecule has 9 aromatic rings. The van der Waals surface area contributed by atoms with Crippen molar-refractivity contribution in [2.75, 3.05) is 0 Å². The minimum atomic E-state index is -0.434. The third kappa shape index (κ3) is 5.34. The van der Waals surface area contributed by atoms with Crippen LogP contribution in [0.4, 0.5) is 0 Å². The molecule has 2 nitrogen and oxygen atoms in total. The SMILES string of the molecule is c1ccc(-c2cc(-c3ccc4c(c3)C3(c5ccc(-c6ccc7c(c6)C(c6ccccc6)(c6ccccc6)c6ccccc6-7)cc5-4)C4CC5CC(C4)CC3C5)nc(-c3ccccc3)n2)cc1. The van der Waals surface area contributed by atoms with Crippen LogP contribution in [0.5, 0.6) is 0 Å². The van der Waals surface area contributed by atoms with Gasteiger partial charge >= 0.3 is 0 Å². The van der Waals surface area contributed by atoms with E-state index >= 15 is 0 Å². The fraction of sp³-hybridized carbons (Fsp3) is 0.175. The molecule has 0 aliphatic heterocycles. The van der Waals surface area contributed by atoms with E-state index in [9.17, 15) is 0 Å². The van der Waals surface area contributed by atoms with Gasteiger partial charge in [0.15, 0.2) is 5.82 Å². The summed E-state index contributed by atoms with van der Waals surface area (Å²) in [6, 6.07) is 77.0. The fourth-order valence-electron chi connectivity index (χ4n) is 14.2. The van der Waals surface area contributed by atoms with Crippen molar-refractivity contribution in [2.45, 2.75) is 42.9 Å². The maximum atomic E-state index is 5.34. The lowest BCUT2D eigenvalue weighted by Gasteiger charge is -2.61. The Balaban J connectivity index is 0.953. The van der Waals surface area contributed by atoms with Gasteiger partial charge in [-0.25, -0.2) is 9.97 Å². The minimum Gasteiger partial charge on any atom is -0.228 e. The van der Waals surface area contributed by atoms with Crippen LogP contribution >= 0.6 is 0 Å². The van der Waals surface area contributed by atoms with Gasteiger partial charge in [-0.05, 0) is 147 Å². The normalized spacial score (nSPS) is 22.3. The number of benzene rings is 8. The smallest absolute Gasteiger partial charge is 0.160 e. The van der Waals surface area contributed by atoms with E-state index in [1.165, 1.54) is 98.9 Å². The average molecular weight is 833 g/mol. The number of nitrogens with zero attached hydrogens (tertiary/aromatic N) is 2. The molecule has 0 N–H and O–H groups in total. The molecular weight excluding hydrogens is 785 g/mol. The van der Waals surface area contributed by atoms with Gasteiger partial charge in [-0.2, -0.15) is 0 Å². The minimum absolute atomic E-state index is 0.0134. The van der Waals surface area contributed by atoms with Crippen molar-refractivity contribution in [2.24, 2.45) is 23.7 Å². The highest BCUT2D eigenvalue weighted by Gasteiger charge is 2.61. The highest BCUT2D eigenvalue weighted by molar-refractivity contribution is 5.91. The summed E-state index contributed by atoms with van der Waals surface area (Å²) in [7, 11) is 0. The first-order valence-electron chi connectivity index (χ1n) is 23.8. The summed E-state index contributed by atoms with van der Waals surface area (Å²) in [6.45, 7) is 0. The van der Waals surface area contributed by atoms with Crippen LogP contribution in [0.2, 0.25) is 0 Å². The average Bonchev–Trinajstić information content (AvgIpc) is 3.83. The van der Waals surface area contributed by atoms with Gasteiger partial charge in [0.25, 0.3) is 0 Å². The van der Waals surface area contributed by atoms with Gasteiger partial charge in [-0.3, -0.25) is 0 Å². The number of hydrogen-bond acceptors (Lipinski definition) is 2. The van der Waals surface area contributed by atoms with Gasteiger partial charge in [0.1, 0.15) is 0 Å². The van der Waals surface area contributed by atoms with E-state index in [1.807, 2.05) is 0 Å². The Morgan fingerprint density at radius 1 is 0.323 bits per heavy atom. The molecule has 1 spiro atoms. The predicted octanol–water partition coefficient (Wildman–Crippen LogP) is 15.2. The van der Waals surface area contributed by atoms with Crippen LogP contribution in [0.1, 0.15) is 65.5 Å². The fourth-order valence-corrected chi connectivity index (χ4v) is 14.2. The zero-order valence-electron chi connectivity index (χ0n) is 36.4. The molecule has 4 saturated carbocycles. The molecule has 2 heteroatoms. The van der Waals surface area contributed by atoms with E-state index in [1.54, 1.807) is 5.56 Å². The van der Waals surface area contributed by atoms with Crippen molar-refractivity contribution in [3.8, 4) is 67.3 Å². The van der Waals surface area contributed by atoms with Crippen molar-refractivity contribution in [1.82, 2.24) is 9.97 Å². The molecule has 4 bridgehead atoms. The molecule has 1 heterocycles. The molecule has 15 rings (SSSR count). The van der Waals surface area contributed by atoms with E-state index in [2.05, 4.69) is 206 Å². The van der Waals surface area contributed by atoms with Crippen LogP contribution in [0.25, 0.3) is 67.3 Å². The lowest BCUT2D eigenvalue weighted by molar-refractivity contribution is -0.0399. The van der Waals surface area contributed by atoms with Crippen LogP contribution in [-0.2, 0) is 10.8 Å². The molecule has 0 atom stereocenters. The van der Waals surface area contributed by atoms with Gasteiger partial charge in [-0.15, -0.1) is 0 Å². The molecule has 1 aromatic heterocycles. The number of hydrogen-bond donors (Lipinski definition) is 0. The molecule has 0 saturated heterocycles. The summed E-state index contributed by atoms with van der Waals surface area (Å²) in [5.74, 6) is 3.81. The summed E-state index contributed by atoms with van der Waals surface area (Å²) in [4.78, 5) is 10.5. The lowest BCUT2D eigenvalue weighted by Crippen LogP contribution is -2.55. The van der Waals surface area contributed by atoms with Gasteiger partial charge in [0, 0.05) is 22.1 Å². The maximum Gasteiger partial charge on any atom is 0.160 e. The Morgan fingerprint density at radius 2 is 0.815 bits per heavy atom. The van der Waals surface area contributed by atoms with E-state index < -0.39 is 5.41 Å². The Morgan fingerprint density at radius 3 is 1.48 bits per heavy atom. The topological polar surface area (TPSA) is 25.8 Å². The Bertz CT molecular complexity index is 3190. The zero-order chi connectivity index (χ0) is 42.7.